The molecular formula is C88H46N8OS. The lowest BCUT2D eigenvalue weighted by atomic mass is 9.97. The van der Waals surface area contributed by atoms with Crippen LogP contribution in [-0.4, -0.2) is 37.9 Å². The smallest absolute Gasteiger partial charge is 0.197 e. The van der Waals surface area contributed by atoms with E-state index in [-0.39, 0.29) is 0 Å². The van der Waals surface area contributed by atoms with E-state index in [4.69, 9.17) is 24.4 Å². The van der Waals surface area contributed by atoms with E-state index in [0.717, 1.165) is 109 Å². The van der Waals surface area contributed by atoms with Gasteiger partial charge in [0.2, 0.25) is 0 Å². The number of nitrogens with zero attached hydrogens (tertiary/aromatic N) is 8. The predicted molar refractivity (Wildman–Crippen MR) is 407 cm³/mol. The zero-order chi connectivity index (χ0) is 63.3. The SMILES string of the molecule is c1ccc(-c2nc(-n3c4ccccc4c4cc5c6cc(-c7cccc(-c8nc(-n9c%10ccccc%10c%10cc%11c%12ccccc%12n%12c%13ccc%14ccccc%14c%13c(c%109)c%11%12)c9oc%10ccccc%10c9n8)c7)ccc6n6c7ccc8ccccc8c7c(c43)c56)c3sc4ccccc4c3n2)cc1. The van der Waals surface area contributed by atoms with Crippen molar-refractivity contribution in [2.24, 2.45) is 0 Å². The summed E-state index contributed by atoms with van der Waals surface area (Å²) in [5.74, 6) is 2.87. The predicted octanol–water partition coefficient (Wildman–Crippen LogP) is 23.3. The van der Waals surface area contributed by atoms with Crippen molar-refractivity contribution in [3.8, 4) is 45.5 Å². The summed E-state index contributed by atoms with van der Waals surface area (Å²) in [5.41, 5.74) is 18.5. The first-order valence-corrected chi connectivity index (χ1v) is 34.1. The maximum Gasteiger partial charge on any atom is 0.197 e. The molecule has 24 aromatic rings. The molecule has 98 heavy (non-hydrogen) atoms. The third-order valence-electron chi connectivity index (χ3n) is 21.4. The molecule has 0 N–H and O–H groups in total. The van der Waals surface area contributed by atoms with Crippen molar-refractivity contribution in [3.63, 3.8) is 0 Å². The normalized spacial score (nSPS) is 12.7. The Morgan fingerprint density at radius 1 is 0.276 bits per heavy atom. The number of thiophene rings is 1. The molecule has 0 aliphatic carbocycles. The molecule has 0 aliphatic heterocycles. The molecule has 24 rings (SSSR count). The number of furan rings is 1. The summed E-state index contributed by atoms with van der Waals surface area (Å²) >= 11 is 1.77. The lowest BCUT2D eigenvalue weighted by molar-refractivity contribution is 0.662. The Labute approximate surface area is 558 Å². The minimum absolute atomic E-state index is 0.608. The van der Waals surface area contributed by atoms with Gasteiger partial charge in [0.25, 0.3) is 0 Å². The van der Waals surface area contributed by atoms with E-state index in [1.807, 2.05) is 12.1 Å². The van der Waals surface area contributed by atoms with E-state index in [9.17, 15) is 0 Å². The average molecular weight is 1260 g/mol. The number of hydrogen-bond acceptors (Lipinski definition) is 6. The second-order valence-electron chi connectivity index (χ2n) is 26.3. The molecule has 10 heteroatoms. The molecule has 0 amide bonds. The van der Waals surface area contributed by atoms with Crippen LogP contribution in [0.5, 0.6) is 0 Å². The molecule has 14 aromatic carbocycles. The highest BCUT2D eigenvalue weighted by Gasteiger charge is 2.31. The van der Waals surface area contributed by atoms with Crippen LogP contribution in [0.15, 0.2) is 283 Å². The number of rotatable bonds is 5. The van der Waals surface area contributed by atoms with Crippen molar-refractivity contribution in [1.82, 2.24) is 37.9 Å². The zero-order valence-electron chi connectivity index (χ0n) is 52.0. The molecule has 0 aliphatic rings. The highest BCUT2D eigenvalue weighted by Crippen LogP contribution is 2.52. The molecule has 0 saturated heterocycles. The van der Waals surface area contributed by atoms with Crippen LogP contribution in [-0.2, 0) is 0 Å². The topological polar surface area (TPSA) is 83.4 Å². The van der Waals surface area contributed by atoms with Crippen LogP contribution < -0.4 is 0 Å². The van der Waals surface area contributed by atoms with Gasteiger partial charge in [-0.15, -0.1) is 11.3 Å². The van der Waals surface area contributed by atoms with Crippen molar-refractivity contribution in [2.75, 3.05) is 0 Å². The standard InChI is InChI=1S/C88H46N8OS/c1-2-21-49(22-3-1)85-90-78-59-31-12-17-36-72(59)98-84(78)88(92-85)96-67-34-15-10-29-57(67)63-46-64-60-44-51(39-40-68(60)94-70-42-38-48-20-5-7-26-54(48)74(70)76(80(64)94)82(63)96)50-23-18-24-52(43-50)86-89-77-58-30-11-16-35-71(58)97-83(77)87(91-86)95-66-33-14-9-28-56(66)62-45-61-55-27-8-13-32-65(55)93-69-41-37-47-19-4-6-25-53(47)73(69)75(79(61)93)81(62)95/h1-46H. The molecule has 9 nitrogen and oxygen atoms in total. The summed E-state index contributed by atoms with van der Waals surface area (Å²) in [6.07, 6.45) is 0. The molecule has 10 heterocycles. The quantitative estimate of drug-likeness (QED) is 0.171. The van der Waals surface area contributed by atoms with Crippen molar-refractivity contribution < 1.29 is 4.42 Å². The second-order valence-corrected chi connectivity index (χ2v) is 27.4. The number of hydrogen-bond donors (Lipinski definition) is 0. The molecule has 0 unspecified atom stereocenters. The first-order chi connectivity index (χ1) is 48.6. The van der Waals surface area contributed by atoms with Crippen molar-refractivity contribution in [3.05, 3.63) is 279 Å². The van der Waals surface area contributed by atoms with E-state index >= 15 is 0 Å². The van der Waals surface area contributed by atoms with Gasteiger partial charge in [-0.2, -0.15) is 0 Å². The van der Waals surface area contributed by atoms with Gasteiger partial charge >= 0.3 is 0 Å². The van der Waals surface area contributed by atoms with Gasteiger partial charge < -0.3 is 13.2 Å². The molecule has 0 spiro atoms. The lowest BCUT2D eigenvalue weighted by Crippen LogP contribution is -2.02. The van der Waals surface area contributed by atoms with Gasteiger partial charge in [-0.3, -0.25) is 9.13 Å². The van der Waals surface area contributed by atoms with E-state index in [2.05, 4.69) is 285 Å². The summed E-state index contributed by atoms with van der Waals surface area (Å²) in [5, 5.41) is 21.2. The van der Waals surface area contributed by atoms with Crippen LogP contribution in [0.25, 0.3) is 229 Å². The van der Waals surface area contributed by atoms with Crippen LogP contribution >= 0.6 is 11.3 Å². The average Bonchev–Trinajstić information content (AvgIpc) is 1.51. The van der Waals surface area contributed by atoms with Gasteiger partial charge in [0.15, 0.2) is 28.9 Å². The van der Waals surface area contributed by atoms with Crippen LogP contribution in [0, 0.1) is 0 Å². The Balaban J connectivity index is 0.756. The fourth-order valence-electron chi connectivity index (χ4n) is 17.3. The molecule has 0 bridgehead atoms. The number of aromatic nitrogens is 8. The maximum absolute atomic E-state index is 7.05. The van der Waals surface area contributed by atoms with Crippen LogP contribution in [0.1, 0.15) is 0 Å². The molecule has 10 aromatic heterocycles. The third kappa shape index (κ3) is 6.50. The number of fused-ring (bicyclic) bond motifs is 30. The maximum atomic E-state index is 7.05. The Hall–Kier alpha value is -13.0. The monoisotopic (exact) mass is 1260 g/mol. The molecule has 0 radical (unpaired) electrons. The third-order valence-corrected chi connectivity index (χ3v) is 22.5. The molecule has 0 saturated carbocycles. The zero-order valence-corrected chi connectivity index (χ0v) is 52.8. The summed E-state index contributed by atoms with van der Waals surface area (Å²) in [4.78, 5) is 22.4. The largest absolute Gasteiger partial charge is 0.450 e. The highest BCUT2D eigenvalue weighted by molar-refractivity contribution is 7.26. The Bertz CT molecular complexity index is 7690. The van der Waals surface area contributed by atoms with Gasteiger partial charge in [0, 0.05) is 91.2 Å². The second kappa shape index (κ2) is 18.5. The van der Waals surface area contributed by atoms with E-state index in [1.165, 1.54) is 96.8 Å². The molecular weight excluding hydrogens is 1220 g/mol. The van der Waals surface area contributed by atoms with Gasteiger partial charge in [-0.1, -0.05) is 200 Å². The minimum Gasteiger partial charge on any atom is -0.450 e. The fourth-order valence-corrected chi connectivity index (χ4v) is 18.5. The summed E-state index contributed by atoms with van der Waals surface area (Å²) in [6, 6.07) is 101. The Kier molecular flexibility index (Phi) is 9.68. The first kappa shape index (κ1) is 51.4. The van der Waals surface area contributed by atoms with E-state index in [1.54, 1.807) is 11.3 Å². The summed E-state index contributed by atoms with van der Waals surface area (Å²) < 4.78 is 19.1. The Morgan fingerprint density at radius 3 is 1.45 bits per heavy atom. The summed E-state index contributed by atoms with van der Waals surface area (Å²) in [7, 11) is 0. The Morgan fingerprint density at radius 2 is 0.755 bits per heavy atom. The minimum atomic E-state index is 0.608. The van der Waals surface area contributed by atoms with Gasteiger partial charge in [-0.25, -0.2) is 19.9 Å². The van der Waals surface area contributed by atoms with Crippen LogP contribution in [0.4, 0.5) is 0 Å². The van der Waals surface area contributed by atoms with Gasteiger partial charge in [0.05, 0.1) is 65.4 Å². The van der Waals surface area contributed by atoms with Crippen molar-refractivity contribution >= 4 is 195 Å². The molecule has 0 fully saturated rings. The van der Waals surface area contributed by atoms with Gasteiger partial charge in [-0.05, 0) is 112 Å². The highest BCUT2D eigenvalue weighted by atomic mass is 32.1. The summed E-state index contributed by atoms with van der Waals surface area (Å²) in [6.45, 7) is 0. The first-order valence-electron chi connectivity index (χ1n) is 33.3. The van der Waals surface area contributed by atoms with Crippen LogP contribution in [0.3, 0.4) is 0 Å². The number of benzene rings is 14. The number of para-hydroxylation sites is 4. The van der Waals surface area contributed by atoms with Gasteiger partial charge in [0.1, 0.15) is 11.1 Å². The molecule has 0 atom stereocenters. The van der Waals surface area contributed by atoms with Crippen molar-refractivity contribution in [1.29, 1.82) is 0 Å². The fraction of sp³-hybridized carbons (Fsp3) is 0. The lowest BCUT2D eigenvalue weighted by Gasteiger charge is -2.12. The van der Waals surface area contributed by atoms with E-state index in [0.29, 0.717) is 23.0 Å². The van der Waals surface area contributed by atoms with Crippen molar-refractivity contribution in [2.45, 2.75) is 0 Å². The van der Waals surface area contributed by atoms with Crippen LogP contribution in [0.2, 0.25) is 0 Å². The molecule has 450 valence electrons. The van der Waals surface area contributed by atoms with E-state index < -0.39 is 0 Å².